The number of hydrogen-bond donors (Lipinski definition) is 1. The van der Waals surface area contributed by atoms with E-state index in [1.165, 1.54) is 32.1 Å². The number of aliphatic hydroxyl groups is 1. The Kier molecular flexibility index (Phi) is 5.60. The lowest BCUT2D eigenvalue weighted by molar-refractivity contribution is -0.128. The summed E-state index contributed by atoms with van der Waals surface area (Å²) >= 11 is 0. The average molecular weight is 199 g/mol. The number of aliphatic hydroxyl groups excluding tert-OH is 1. The number of hydrogen-bond acceptors (Lipinski definition) is 2. The van der Waals surface area contributed by atoms with Crippen LogP contribution >= 0.6 is 0 Å². The molecular formula is C11H21NO2. The van der Waals surface area contributed by atoms with Crippen LogP contribution in [0.1, 0.15) is 44.9 Å². The molecule has 0 spiro atoms. The van der Waals surface area contributed by atoms with Crippen molar-refractivity contribution in [3.63, 3.8) is 0 Å². The molecule has 3 heteroatoms. The van der Waals surface area contributed by atoms with Gasteiger partial charge in [0.25, 0.3) is 0 Å². The van der Waals surface area contributed by atoms with E-state index in [1.54, 1.807) is 4.90 Å². The predicted octanol–water partition coefficient (Wildman–Crippen LogP) is 1.55. The molecule has 0 unspecified atom stereocenters. The summed E-state index contributed by atoms with van der Waals surface area (Å²) in [6.07, 6.45) is 9.12. The fraction of sp³-hybridized carbons (Fsp3) is 0.909. The number of rotatable bonds is 2. The number of β-amino-alcohol motifs (C(OH)–C–C–N with tert-alkyl or cyclic N) is 1. The van der Waals surface area contributed by atoms with Gasteiger partial charge in [0.15, 0.2) is 0 Å². The Morgan fingerprint density at radius 2 is 1.64 bits per heavy atom. The summed E-state index contributed by atoms with van der Waals surface area (Å²) in [5.74, 6) is 0.184. The first-order valence-corrected chi connectivity index (χ1v) is 5.73. The fourth-order valence-electron chi connectivity index (χ4n) is 1.95. The quantitative estimate of drug-likeness (QED) is 0.733. The lowest BCUT2D eigenvalue weighted by atomic mass is 10.4. The van der Waals surface area contributed by atoms with Crippen molar-refractivity contribution in [1.29, 1.82) is 0 Å². The first-order valence-electron chi connectivity index (χ1n) is 5.73. The highest BCUT2D eigenvalue weighted by molar-refractivity contribution is 5.77. The van der Waals surface area contributed by atoms with Gasteiger partial charge in [0.1, 0.15) is 0 Å². The van der Waals surface area contributed by atoms with Crippen molar-refractivity contribution in [2.24, 2.45) is 0 Å². The van der Waals surface area contributed by atoms with Crippen molar-refractivity contribution >= 4 is 5.91 Å². The highest BCUT2D eigenvalue weighted by Gasteiger charge is 2.18. The molecule has 2 aliphatic rings. The summed E-state index contributed by atoms with van der Waals surface area (Å²) in [6, 6.07) is 0. The lowest BCUT2D eigenvalue weighted by Gasteiger charge is -2.11. The molecule has 1 aliphatic carbocycles. The van der Waals surface area contributed by atoms with Crippen LogP contribution in [0.3, 0.4) is 0 Å². The highest BCUT2D eigenvalue weighted by Crippen LogP contribution is 2.15. The zero-order valence-electron chi connectivity index (χ0n) is 8.87. The van der Waals surface area contributed by atoms with Crippen LogP contribution in [-0.4, -0.2) is 35.6 Å². The van der Waals surface area contributed by atoms with Crippen LogP contribution in [0.4, 0.5) is 0 Å². The Morgan fingerprint density at radius 1 is 1.07 bits per heavy atom. The topological polar surface area (TPSA) is 40.5 Å². The van der Waals surface area contributed by atoms with Crippen LogP contribution in [0, 0.1) is 0 Å². The van der Waals surface area contributed by atoms with Gasteiger partial charge in [-0.05, 0) is 6.42 Å². The zero-order chi connectivity index (χ0) is 10.2. The highest BCUT2D eigenvalue weighted by atomic mass is 16.3. The maximum atomic E-state index is 10.8. The molecule has 1 saturated heterocycles. The maximum absolute atomic E-state index is 10.8. The van der Waals surface area contributed by atoms with E-state index in [1.807, 2.05) is 0 Å². The molecule has 1 aliphatic heterocycles. The van der Waals surface area contributed by atoms with E-state index in [4.69, 9.17) is 5.11 Å². The van der Waals surface area contributed by atoms with Gasteiger partial charge in [-0.25, -0.2) is 0 Å². The fourth-order valence-corrected chi connectivity index (χ4v) is 1.95. The molecule has 0 bridgehead atoms. The molecule has 0 radical (unpaired) electrons. The SMILES string of the molecule is C1CCCC1.O=C1CCCN1CCO. The summed E-state index contributed by atoms with van der Waals surface area (Å²) < 4.78 is 0. The van der Waals surface area contributed by atoms with Gasteiger partial charge in [-0.15, -0.1) is 0 Å². The van der Waals surface area contributed by atoms with E-state index in [9.17, 15) is 4.79 Å². The van der Waals surface area contributed by atoms with Crippen molar-refractivity contribution in [2.75, 3.05) is 19.7 Å². The number of carbonyl (C=O) groups is 1. The summed E-state index contributed by atoms with van der Waals surface area (Å²) in [4.78, 5) is 12.5. The van der Waals surface area contributed by atoms with Gasteiger partial charge in [0.2, 0.25) is 5.91 Å². The lowest BCUT2D eigenvalue weighted by Crippen LogP contribution is -2.27. The van der Waals surface area contributed by atoms with Crippen LogP contribution in [0.5, 0.6) is 0 Å². The van der Waals surface area contributed by atoms with E-state index < -0.39 is 0 Å². The van der Waals surface area contributed by atoms with Crippen LogP contribution in [0.2, 0.25) is 0 Å². The van der Waals surface area contributed by atoms with E-state index in [2.05, 4.69) is 0 Å². The molecule has 1 N–H and O–H groups in total. The monoisotopic (exact) mass is 199 g/mol. The van der Waals surface area contributed by atoms with Gasteiger partial charge in [0.05, 0.1) is 6.61 Å². The minimum Gasteiger partial charge on any atom is -0.395 e. The Bertz CT molecular complexity index is 159. The molecule has 0 atom stereocenters. The van der Waals surface area contributed by atoms with Crippen LogP contribution in [-0.2, 0) is 4.79 Å². The van der Waals surface area contributed by atoms with Gasteiger partial charge >= 0.3 is 0 Å². The first-order chi connectivity index (χ1) is 6.84. The molecule has 0 aromatic heterocycles. The second-order valence-electron chi connectivity index (χ2n) is 3.98. The number of amides is 1. The molecule has 2 fully saturated rings. The van der Waals surface area contributed by atoms with Gasteiger partial charge in [0, 0.05) is 19.5 Å². The molecule has 3 nitrogen and oxygen atoms in total. The number of likely N-dealkylation sites (tertiary alicyclic amines) is 1. The summed E-state index contributed by atoms with van der Waals surface area (Å²) in [5, 5.41) is 8.45. The molecule has 0 aromatic carbocycles. The molecule has 1 saturated carbocycles. The van der Waals surface area contributed by atoms with Gasteiger partial charge < -0.3 is 10.0 Å². The molecule has 82 valence electrons. The molecule has 14 heavy (non-hydrogen) atoms. The molecule has 2 rings (SSSR count). The third-order valence-corrected chi connectivity index (χ3v) is 2.79. The van der Waals surface area contributed by atoms with Gasteiger partial charge in [-0.1, -0.05) is 32.1 Å². The van der Waals surface area contributed by atoms with Crippen LogP contribution in [0.15, 0.2) is 0 Å². The van der Waals surface area contributed by atoms with Crippen LogP contribution in [0.25, 0.3) is 0 Å². The maximum Gasteiger partial charge on any atom is 0.222 e. The molecule has 0 aromatic rings. The van der Waals surface area contributed by atoms with Crippen molar-refractivity contribution in [1.82, 2.24) is 4.90 Å². The molecule has 1 amide bonds. The summed E-state index contributed by atoms with van der Waals surface area (Å²) in [5.41, 5.74) is 0. The third kappa shape index (κ3) is 4.09. The Morgan fingerprint density at radius 3 is 2.00 bits per heavy atom. The summed E-state index contributed by atoms with van der Waals surface area (Å²) in [7, 11) is 0. The van der Waals surface area contributed by atoms with E-state index in [0.717, 1.165) is 13.0 Å². The predicted molar refractivity (Wildman–Crippen MR) is 56.0 cm³/mol. The number of carbonyl (C=O) groups excluding carboxylic acids is 1. The van der Waals surface area contributed by atoms with Crippen molar-refractivity contribution in [3.05, 3.63) is 0 Å². The summed E-state index contributed by atoms with van der Waals surface area (Å²) in [6.45, 7) is 1.43. The standard InChI is InChI=1S/C6H11NO2.C5H10/c8-5-4-7-3-1-2-6(7)9;1-2-4-5-3-1/h8H,1-5H2;1-5H2. The average Bonchev–Trinajstić information content (AvgIpc) is 2.81. The van der Waals surface area contributed by atoms with Crippen molar-refractivity contribution in [2.45, 2.75) is 44.9 Å². The Labute approximate surface area is 86.1 Å². The second kappa shape index (κ2) is 6.82. The normalized spacial score (nSPS) is 20.9. The largest absolute Gasteiger partial charge is 0.395 e. The molecule has 1 heterocycles. The second-order valence-corrected chi connectivity index (χ2v) is 3.98. The first kappa shape index (κ1) is 11.5. The van der Waals surface area contributed by atoms with Gasteiger partial charge in [-0.2, -0.15) is 0 Å². The smallest absolute Gasteiger partial charge is 0.222 e. The van der Waals surface area contributed by atoms with E-state index >= 15 is 0 Å². The molecular weight excluding hydrogens is 178 g/mol. The van der Waals surface area contributed by atoms with E-state index in [-0.39, 0.29) is 12.5 Å². The Balaban J connectivity index is 0.000000165. The minimum absolute atomic E-state index is 0.0890. The number of nitrogens with zero attached hydrogens (tertiary/aromatic N) is 1. The zero-order valence-corrected chi connectivity index (χ0v) is 8.87. The van der Waals surface area contributed by atoms with Crippen molar-refractivity contribution < 1.29 is 9.90 Å². The van der Waals surface area contributed by atoms with Crippen LogP contribution < -0.4 is 0 Å². The minimum atomic E-state index is 0.0890. The van der Waals surface area contributed by atoms with Gasteiger partial charge in [-0.3, -0.25) is 4.79 Å². The third-order valence-electron chi connectivity index (χ3n) is 2.79. The Hall–Kier alpha value is -0.570. The van der Waals surface area contributed by atoms with E-state index in [0.29, 0.717) is 13.0 Å². The van der Waals surface area contributed by atoms with Crippen molar-refractivity contribution in [3.8, 4) is 0 Å².